The maximum atomic E-state index is 13.1. The fourth-order valence-electron chi connectivity index (χ4n) is 4.04. The number of piperazine rings is 1. The molecule has 2 aliphatic heterocycles. The minimum Gasteiger partial charge on any atom is -0.474 e. The second-order valence-electron chi connectivity index (χ2n) is 8.91. The molecule has 0 radical (unpaired) electrons. The van der Waals surface area contributed by atoms with Crippen molar-refractivity contribution in [1.29, 1.82) is 0 Å². The Morgan fingerprint density at radius 1 is 1.26 bits per heavy atom. The van der Waals surface area contributed by atoms with Crippen LogP contribution in [-0.2, 0) is 16.0 Å². The van der Waals surface area contributed by atoms with Gasteiger partial charge in [-0.1, -0.05) is 0 Å². The molecule has 11 nitrogen and oxygen atoms in total. The highest BCUT2D eigenvalue weighted by atomic mass is 16.5. The SMILES string of the molecule is COCCOc1nc(N2CCN(C=O)CC2)ccc1NC(=O)c1coc2c1C(=O)NC(C)(C)C2. The van der Waals surface area contributed by atoms with Crippen molar-refractivity contribution in [3.05, 3.63) is 35.3 Å². The van der Waals surface area contributed by atoms with Crippen LogP contribution in [0.3, 0.4) is 0 Å². The van der Waals surface area contributed by atoms with E-state index in [4.69, 9.17) is 13.9 Å². The molecule has 1 saturated heterocycles. The number of fused-ring (bicyclic) bond motifs is 1. The first-order valence-corrected chi connectivity index (χ1v) is 11.1. The zero-order valence-corrected chi connectivity index (χ0v) is 19.6. The lowest BCUT2D eigenvalue weighted by Gasteiger charge is -2.33. The van der Waals surface area contributed by atoms with Gasteiger partial charge < -0.3 is 34.3 Å². The van der Waals surface area contributed by atoms with Gasteiger partial charge in [-0.2, -0.15) is 4.98 Å². The first kappa shape index (κ1) is 23.6. The standard InChI is InChI=1S/C23H29N5O6/c1-23(2)12-17-19(21(31)26-23)15(13-34-17)20(30)24-16-4-5-18(25-22(16)33-11-10-32-3)28-8-6-27(14-29)7-9-28/h4-5,13-14H,6-12H2,1-3H3,(H,24,30)(H,26,31). The summed E-state index contributed by atoms with van der Waals surface area (Å²) in [6.45, 7) is 6.87. The number of nitrogens with one attached hydrogen (secondary N) is 2. The Morgan fingerprint density at radius 3 is 2.74 bits per heavy atom. The predicted octanol–water partition coefficient (Wildman–Crippen LogP) is 1.29. The summed E-state index contributed by atoms with van der Waals surface area (Å²) in [6, 6.07) is 3.50. The van der Waals surface area contributed by atoms with Gasteiger partial charge in [0.05, 0.1) is 17.7 Å². The Labute approximate surface area is 197 Å². The molecule has 0 aromatic carbocycles. The lowest BCUT2D eigenvalue weighted by Crippen LogP contribution is -2.49. The van der Waals surface area contributed by atoms with E-state index in [1.165, 1.54) is 6.26 Å². The Balaban J connectivity index is 1.55. The second kappa shape index (κ2) is 9.72. The highest BCUT2D eigenvalue weighted by Gasteiger charge is 2.36. The predicted molar refractivity (Wildman–Crippen MR) is 123 cm³/mol. The molecule has 11 heteroatoms. The van der Waals surface area contributed by atoms with Crippen LogP contribution in [0.1, 0.15) is 40.3 Å². The third kappa shape index (κ3) is 4.98. The molecule has 2 N–H and O–H groups in total. The number of anilines is 2. The van der Waals surface area contributed by atoms with Crippen molar-refractivity contribution in [3.8, 4) is 5.88 Å². The van der Waals surface area contributed by atoms with Crippen molar-refractivity contribution in [3.63, 3.8) is 0 Å². The number of ether oxygens (including phenoxy) is 2. The Hall–Kier alpha value is -3.60. The molecular formula is C23H29N5O6. The number of carbonyl (C=O) groups excluding carboxylic acids is 3. The summed E-state index contributed by atoms with van der Waals surface area (Å²) in [6.07, 6.45) is 2.64. The number of aromatic nitrogens is 1. The van der Waals surface area contributed by atoms with Gasteiger partial charge in [0.1, 0.15) is 30.1 Å². The Kier molecular flexibility index (Phi) is 6.73. The molecule has 4 rings (SSSR count). The van der Waals surface area contributed by atoms with E-state index in [1.54, 1.807) is 24.1 Å². The number of pyridine rings is 1. The molecule has 0 atom stereocenters. The monoisotopic (exact) mass is 471 g/mol. The lowest BCUT2D eigenvalue weighted by molar-refractivity contribution is -0.118. The average molecular weight is 472 g/mol. The highest BCUT2D eigenvalue weighted by molar-refractivity contribution is 6.13. The van der Waals surface area contributed by atoms with Crippen molar-refractivity contribution in [2.75, 3.05) is 56.7 Å². The molecule has 182 valence electrons. The van der Waals surface area contributed by atoms with E-state index in [9.17, 15) is 14.4 Å². The van der Waals surface area contributed by atoms with Crippen LogP contribution in [0.4, 0.5) is 11.5 Å². The summed E-state index contributed by atoms with van der Waals surface area (Å²) >= 11 is 0. The molecule has 0 spiro atoms. The minimum atomic E-state index is -0.495. The summed E-state index contributed by atoms with van der Waals surface area (Å²) in [4.78, 5) is 45.0. The smallest absolute Gasteiger partial charge is 0.259 e. The Morgan fingerprint density at radius 2 is 2.03 bits per heavy atom. The number of rotatable bonds is 8. The third-order valence-electron chi connectivity index (χ3n) is 5.80. The summed E-state index contributed by atoms with van der Waals surface area (Å²) in [5.74, 6) is 0.565. The number of hydrogen-bond donors (Lipinski definition) is 2. The zero-order chi connectivity index (χ0) is 24.3. The summed E-state index contributed by atoms with van der Waals surface area (Å²) in [7, 11) is 1.57. The number of methoxy groups -OCH3 is 1. The molecule has 0 aliphatic carbocycles. The normalized spacial score (nSPS) is 17.1. The summed E-state index contributed by atoms with van der Waals surface area (Å²) in [5.41, 5.74) is 0.314. The van der Waals surface area contributed by atoms with Crippen LogP contribution in [0.15, 0.2) is 22.8 Å². The van der Waals surface area contributed by atoms with E-state index in [2.05, 4.69) is 15.6 Å². The van der Waals surface area contributed by atoms with Gasteiger partial charge in [0.2, 0.25) is 12.3 Å². The first-order chi connectivity index (χ1) is 16.3. The minimum absolute atomic E-state index is 0.153. The number of nitrogens with zero attached hydrogens (tertiary/aromatic N) is 3. The van der Waals surface area contributed by atoms with Crippen LogP contribution >= 0.6 is 0 Å². The van der Waals surface area contributed by atoms with Gasteiger partial charge in [-0.05, 0) is 26.0 Å². The van der Waals surface area contributed by atoms with Gasteiger partial charge in [-0.15, -0.1) is 0 Å². The van der Waals surface area contributed by atoms with E-state index in [0.29, 0.717) is 56.5 Å². The fourth-order valence-corrected chi connectivity index (χ4v) is 4.04. The van der Waals surface area contributed by atoms with Crippen molar-refractivity contribution >= 4 is 29.7 Å². The zero-order valence-electron chi connectivity index (χ0n) is 19.6. The third-order valence-corrected chi connectivity index (χ3v) is 5.80. The fraction of sp³-hybridized carbons (Fsp3) is 0.478. The Bertz CT molecular complexity index is 1070. The molecule has 0 bridgehead atoms. The molecule has 3 amide bonds. The number of carbonyl (C=O) groups is 3. The van der Waals surface area contributed by atoms with Gasteiger partial charge in [0.15, 0.2) is 0 Å². The molecule has 2 aromatic heterocycles. The molecule has 1 fully saturated rings. The molecule has 0 unspecified atom stereocenters. The van der Waals surface area contributed by atoms with E-state index < -0.39 is 11.4 Å². The van der Waals surface area contributed by atoms with Crippen LogP contribution in [0.2, 0.25) is 0 Å². The number of furan rings is 1. The second-order valence-corrected chi connectivity index (χ2v) is 8.91. The topological polar surface area (TPSA) is 126 Å². The quantitative estimate of drug-likeness (QED) is 0.436. The van der Waals surface area contributed by atoms with Crippen LogP contribution in [0, 0.1) is 0 Å². The highest BCUT2D eigenvalue weighted by Crippen LogP contribution is 2.30. The maximum Gasteiger partial charge on any atom is 0.259 e. The van der Waals surface area contributed by atoms with Gasteiger partial charge in [0.25, 0.3) is 11.8 Å². The molecule has 34 heavy (non-hydrogen) atoms. The van der Waals surface area contributed by atoms with Crippen LogP contribution in [0.5, 0.6) is 5.88 Å². The molecule has 0 saturated carbocycles. The maximum absolute atomic E-state index is 13.1. The molecule has 4 heterocycles. The van der Waals surface area contributed by atoms with Crippen molar-refractivity contribution in [2.45, 2.75) is 25.8 Å². The van der Waals surface area contributed by atoms with Crippen molar-refractivity contribution in [1.82, 2.24) is 15.2 Å². The van der Waals surface area contributed by atoms with Crippen LogP contribution in [0.25, 0.3) is 0 Å². The van der Waals surface area contributed by atoms with E-state index in [-0.39, 0.29) is 29.5 Å². The van der Waals surface area contributed by atoms with Gasteiger partial charge in [-0.25, -0.2) is 0 Å². The summed E-state index contributed by atoms with van der Waals surface area (Å²) in [5, 5.41) is 5.69. The number of hydrogen-bond acceptors (Lipinski definition) is 8. The lowest BCUT2D eigenvalue weighted by atomic mass is 9.91. The number of amides is 3. The molecule has 2 aliphatic rings. The largest absolute Gasteiger partial charge is 0.474 e. The molecular weight excluding hydrogens is 442 g/mol. The van der Waals surface area contributed by atoms with Gasteiger partial charge in [0, 0.05) is 45.2 Å². The van der Waals surface area contributed by atoms with E-state index in [0.717, 1.165) is 6.41 Å². The van der Waals surface area contributed by atoms with Gasteiger partial charge >= 0.3 is 0 Å². The van der Waals surface area contributed by atoms with Crippen molar-refractivity contribution < 1.29 is 28.3 Å². The van der Waals surface area contributed by atoms with Crippen molar-refractivity contribution in [2.24, 2.45) is 0 Å². The first-order valence-electron chi connectivity index (χ1n) is 11.1. The summed E-state index contributed by atoms with van der Waals surface area (Å²) < 4.78 is 16.4. The van der Waals surface area contributed by atoms with Crippen LogP contribution in [-0.4, -0.2) is 80.1 Å². The van der Waals surface area contributed by atoms with Crippen LogP contribution < -0.4 is 20.3 Å². The van der Waals surface area contributed by atoms with E-state index in [1.807, 2.05) is 18.7 Å². The molecule has 2 aromatic rings. The average Bonchev–Trinajstić information content (AvgIpc) is 3.23. The van der Waals surface area contributed by atoms with Gasteiger partial charge in [-0.3, -0.25) is 14.4 Å². The van der Waals surface area contributed by atoms with E-state index >= 15 is 0 Å².